The summed E-state index contributed by atoms with van der Waals surface area (Å²) in [5.74, 6) is -0.519. The van der Waals surface area contributed by atoms with Gasteiger partial charge in [-0.05, 0) is 13.8 Å². The molecule has 1 rings (SSSR count). The number of carbonyl (C=O) groups is 3. The molecule has 6 nitrogen and oxygen atoms in total. The lowest BCUT2D eigenvalue weighted by atomic mass is 9.90. The highest BCUT2D eigenvalue weighted by Gasteiger charge is 2.39. The summed E-state index contributed by atoms with van der Waals surface area (Å²) in [6, 6.07) is 0. The molecule has 0 aromatic carbocycles. The third-order valence-electron chi connectivity index (χ3n) is 3.26. The van der Waals surface area contributed by atoms with E-state index in [0.717, 1.165) is 6.41 Å². The van der Waals surface area contributed by atoms with E-state index in [4.69, 9.17) is 0 Å². The molecule has 1 N–H and O–H groups in total. The summed E-state index contributed by atoms with van der Waals surface area (Å²) < 4.78 is 0. The number of nitrogens with one attached hydrogen (secondary N) is 1. The lowest BCUT2D eigenvalue weighted by Gasteiger charge is -2.36. The van der Waals surface area contributed by atoms with Crippen LogP contribution in [0.15, 0.2) is 12.7 Å². The summed E-state index contributed by atoms with van der Waals surface area (Å²) in [5.41, 5.74) is -1.10. The Bertz CT molecular complexity index is 371. The molecule has 0 spiro atoms. The molecular weight excluding hydrogens is 246 g/mol. The van der Waals surface area contributed by atoms with Gasteiger partial charge in [-0.25, -0.2) is 0 Å². The first-order valence-electron chi connectivity index (χ1n) is 6.31. The average molecular weight is 267 g/mol. The minimum atomic E-state index is -1.10. The first kappa shape index (κ1) is 15.2. The van der Waals surface area contributed by atoms with Crippen molar-refractivity contribution in [3.8, 4) is 0 Å². The number of amides is 3. The molecule has 0 saturated carbocycles. The van der Waals surface area contributed by atoms with Crippen molar-refractivity contribution in [1.82, 2.24) is 15.1 Å². The van der Waals surface area contributed by atoms with Crippen LogP contribution in [0, 0.1) is 5.41 Å². The predicted octanol–water partition coefficient (Wildman–Crippen LogP) is -0.385. The normalized spacial score (nSPS) is 15.9. The lowest BCUT2D eigenvalue weighted by Crippen LogP contribution is -2.55. The van der Waals surface area contributed by atoms with Crippen molar-refractivity contribution < 1.29 is 14.4 Å². The van der Waals surface area contributed by atoms with Gasteiger partial charge in [0.1, 0.15) is 5.41 Å². The number of rotatable bonds is 5. The minimum absolute atomic E-state index is 0.209. The third kappa shape index (κ3) is 3.56. The zero-order chi connectivity index (χ0) is 14.5. The van der Waals surface area contributed by atoms with Gasteiger partial charge in [-0.2, -0.15) is 0 Å². The molecule has 0 aliphatic carbocycles. The molecule has 1 aliphatic rings. The largest absolute Gasteiger partial charge is 0.352 e. The number of hydrogen-bond donors (Lipinski definition) is 1. The summed E-state index contributed by atoms with van der Waals surface area (Å²) >= 11 is 0. The molecule has 0 aromatic heterocycles. The molecule has 1 fully saturated rings. The van der Waals surface area contributed by atoms with Crippen LogP contribution in [0.3, 0.4) is 0 Å². The minimum Gasteiger partial charge on any atom is -0.352 e. The topological polar surface area (TPSA) is 69.7 Å². The number of nitrogens with zero attached hydrogens (tertiary/aromatic N) is 2. The van der Waals surface area contributed by atoms with Gasteiger partial charge in [0.05, 0.1) is 0 Å². The second kappa shape index (κ2) is 6.36. The monoisotopic (exact) mass is 267 g/mol. The van der Waals surface area contributed by atoms with Crippen LogP contribution in [0.5, 0.6) is 0 Å². The zero-order valence-corrected chi connectivity index (χ0v) is 11.5. The molecule has 0 aromatic rings. The molecule has 0 unspecified atom stereocenters. The Morgan fingerprint density at radius 3 is 2.32 bits per heavy atom. The molecular formula is C13H21N3O3. The zero-order valence-electron chi connectivity index (χ0n) is 11.5. The quantitative estimate of drug-likeness (QED) is 0.419. The van der Waals surface area contributed by atoms with Crippen LogP contribution < -0.4 is 5.32 Å². The van der Waals surface area contributed by atoms with Crippen LogP contribution in [0.2, 0.25) is 0 Å². The van der Waals surface area contributed by atoms with Gasteiger partial charge in [0.15, 0.2) is 0 Å². The van der Waals surface area contributed by atoms with Crippen molar-refractivity contribution in [2.75, 3.05) is 32.7 Å². The average Bonchev–Trinajstić information content (AvgIpc) is 2.43. The van der Waals surface area contributed by atoms with Gasteiger partial charge >= 0.3 is 0 Å². The Kier molecular flexibility index (Phi) is 5.09. The van der Waals surface area contributed by atoms with E-state index >= 15 is 0 Å². The molecule has 1 saturated heterocycles. The summed E-state index contributed by atoms with van der Waals surface area (Å²) in [4.78, 5) is 38.2. The van der Waals surface area contributed by atoms with Crippen LogP contribution in [0.4, 0.5) is 0 Å². The van der Waals surface area contributed by atoms with Gasteiger partial charge in [-0.15, -0.1) is 6.58 Å². The van der Waals surface area contributed by atoms with Crippen LogP contribution in [0.1, 0.15) is 13.8 Å². The molecule has 1 aliphatic heterocycles. The van der Waals surface area contributed by atoms with Crippen molar-refractivity contribution in [1.29, 1.82) is 0 Å². The Balaban J connectivity index is 2.63. The van der Waals surface area contributed by atoms with Crippen molar-refractivity contribution in [2.45, 2.75) is 13.8 Å². The molecule has 0 radical (unpaired) electrons. The maximum atomic E-state index is 12.4. The van der Waals surface area contributed by atoms with Crippen molar-refractivity contribution in [3.05, 3.63) is 12.7 Å². The molecule has 0 bridgehead atoms. The van der Waals surface area contributed by atoms with Crippen molar-refractivity contribution in [3.63, 3.8) is 0 Å². The van der Waals surface area contributed by atoms with Crippen molar-refractivity contribution >= 4 is 18.2 Å². The van der Waals surface area contributed by atoms with E-state index in [1.54, 1.807) is 29.7 Å². The Labute approximate surface area is 113 Å². The summed E-state index contributed by atoms with van der Waals surface area (Å²) in [5, 5.41) is 2.64. The Hall–Kier alpha value is -1.85. The van der Waals surface area contributed by atoms with Gasteiger partial charge in [-0.1, -0.05) is 6.08 Å². The van der Waals surface area contributed by atoms with Crippen LogP contribution in [0.25, 0.3) is 0 Å². The molecule has 0 atom stereocenters. The molecule has 6 heteroatoms. The number of hydrogen-bond acceptors (Lipinski definition) is 3. The Morgan fingerprint density at radius 1 is 1.26 bits per heavy atom. The summed E-state index contributed by atoms with van der Waals surface area (Å²) in [6.07, 6.45) is 2.35. The van der Waals surface area contributed by atoms with E-state index in [9.17, 15) is 14.4 Å². The van der Waals surface area contributed by atoms with Crippen molar-refractivity contribution in [2.24, 2.45) is 5.41 Å². The van der Waals surface area contributed by atoms with Gasteiger partial charge in [-0.3, -0.25) is 14.4 Å². The van der Waals surface area contributed by atoms with Gasteiger partial charge in [0, 0.05) is 32.7 Å². The molecule has 106 valence electrons. The number of piperazine rings is 1. The highest BCUT2D eigenvalue weighted by Crippen LogP contribution is 2.20. The SMILES string of the molecule is C=CCNC(=O)C(C)(C)C(=O)N1CCN(C=O)CC1. The standard InChI is InChI=1S/C13H21N3O3/c1-4-5-14-11(18)13(2,3)12(19)16-8-6-15(10-17)7-9-16/h4,10H,1,5-9H2,2-3H3,(H,14,18). The van der Waals surface area contributed by atoms with Crippen LogP contribution >= 0.6 is 0 Å². The van der Waals surface area contributed by atoms with E-state index in [1.165, 1.54) is 0 Å². The maximum absolute atomic E-state index is 12.4. The summed E-state index contributed by atoms with van der Waals surface area (Å²) in [7, 11) is 0. The van der Waals surface area contributed by atoms with Gasteiger partial charge < -0.3 is 15.1 Å². The summed E-state index contributed by atoms with van der Waals surface area (Å²) in [6.45, 7) is 9.05. The number of carbonyl (C=O) groups excluding carboxylic acids is 3. The maximum Gasteiger partial charge on any atom is 0.237 e. The predicted molar refractivity (Wildman–Crippen MR) is 71.2 cm³/mol. The van der Waals surface area contributed by atoms with E-state index in [0.29, 0.717) is 32.7 Å². The molecule has 1 heterocycles. The smallest absolute Gasteiger partial charge is 0.237 e. The lowest BCUT2D eigenvalue weighted by molar-refractivity contribution is -0.150. The van der Waals surface area contributed by atoms with Crippen LogP contribution in [-0.4, -0.2) is 60.7 Å². The van der Waals surface area contributed by atoms with Gasteiger partial charge in [0.2, 0.25) is 18.2 Å². The van der Waals surface area contributed by atoms with E-state index in [-0.39, 0.29) is 11.8 Å². The second-order valence-corrected chi connectivity index (χ2v) is 5.06. The third-order valence-corrected chi connectivity index (χ3v) is 3.26. The van der Waals surface area contributed by atoms with E-state index in [1.807, 2.05) is 0 Å². The second-order valence-electron chi connectivity index (χ2n) is 5.06. The first-order valence-corrected chi connectivity index (χ1v) is 6.31. The fraction of sp³-hybridized carbons (Fsp3) is 0.615. The van der Waals surface area contributed by atoms with E-state index < -0.39 is 5.41 Å². The highest BCUT2D eigenvalue weighted by atomic mass is 16.2. The van der Waals surface area contributed by atoms with Crippen LogP contribution in [-0.2, 0) is 14.4 Å². The molecule has 3 amide bonds. The highest BCUT2D eigenvalue weighted by molar-refractivity contribution is 6.04. The van der Waals surface area contributed by atoms with Gasteiger partial charge in [0.25, 0.3) is 0 Å². The fourth-order valence-corrected chi connectivity index (χ4v) is 1.91. The fourth-order valence-electron chi connectivity index (χ4n) is 1.91. The molecule has 19 heavy (non-hydrogen) atoms. The van der Waals surface area contributed by atoms with E-state index in [2.05, 4.69) is 11.9 Å². The Morgan fingerprint density at radius 2 is 1.84 bits per heavy atom. The first-order chi connectivity index (χ1) is 8.93.